The van der Waals surface area contributed by atoms with Crippen molar-refractivity contribution in [2.45, 2.75) is 92.9 Å². The van der Waals surface area contributed by atoms with Crippen molar-refractivity contribution in [1.82, 2.24) is 0 Å². The standard InChI is InChI=1S/C37H43NO5/c1-20(2)25-16-24(14-11-15-27(39)23-12-9-8-10-13-23)21(3)29-26(25)17-35(5)19-36(6)18-28(40)30(34(38)43)33(42)37(36,7)22(4)31(35)32(29)41/h8-10,12-13,16,20,30H,11,14-15,17-19H2,1-7H3,(H2,38,43). The van der Waals surface area contributed by atoms with Crippen molar-refractivity contribution in [2.75, 3.05) is 0 Å². The van der Waals surface area contributed by atoms with Gasteiger partial charge in [0, 0.05) is 35.0 Å². The first kappa shape index (κ1) is 30.8. The number of hydrogen-bond acceptors (Lipinski definition) is 5. The largest absolute Gasteiger partial charge is 0.369 e. The number of primary amides is 1. The highest BCUT2D eigenvalue weighted by molar-refractivity contribution is 6.23. The Hall–Kier alpha value is -3.67. The van der Waals surface area contributed by atoms with Gasteiger partial charge >= 0.3 is 0 Å². The van der Waals surface area contributed by atoms with Gasteiger partial charge < -0.3 is 5.73 Å². The molecule has 3 aliphatic rings. The van der Waals surface area contributed by atoms with Crippen LogP contribution in [0.3, 0.4) is 0 Å². The lowest BCUT2D eigenvalue weighted by molar-refractivity contribution is -0.157. The van der Waals surface area contributed by atoms with E-state index in [1.807, 2.05) is 51.1 Å². The van der Waals surface area contributed by atoms with Gasteiger partial charge in [-0.2, -0.15) is 0 Å². The van der Waals surface area contributed by atoms with Gasteiger partial charge in [-0.15, -0.1) is 0 Å². The van der Waals surface area contributed by atoms with Gasteiger partial charge in [-0.1, -0.05) is 69.7 Å². The van der Waals surface area contributed by atoms with Gasteiger partial charge in [-0.25, -0.2) is 0 Å². The van der Waals surface area contributed by atoms with E-state index in [1.165, 1.54) is 0 Å². The summed E-state index contributed by atoms with van der Waals surface area (Å²) in [6.45, 7) is 14.0. The lowest BCUT2D eigenvalue weighted by Crippen LogP contribution is -2.62. The van der Waals surface area contributed by atoms with Gasteiger partial charge in [0.05, 0.1) is 5.41 Å². The molecule has 5 rings (SSSR count). The molecule has 2 aromatic rings. The minimum Gasteiger partial charge on any atom is -0.369 e. The van der Waals surface area contributed by atoms with E-state index >= 15 is 0 Å². The third kappa shape index (κ3) is 4.56. The number of rotatable bonds is 7. The quantitative estimate of drug-likeness (QED) is 0.299. The molecule has 0 radical (unpaired) electrons. The molecule has 0 saturated heterocycles. The van der Waals surface area contributed by atoms with Gasteiger partial charge in [0.15, 0.2) is 29.1 Å². The molecule has 6 heteroatoms. The summed E-state index contributed by atoms with van der Waals surface area (Å²) >= 11 is 0. The van der Waals surface area contributed by atoms with Crippen molar-refractivity contribution in [3.05, 3.63) is 80.9 Å². The van der Waals surface area contributed by atoms with Crippen LogP contribution in [0, 0.1) is 29.1 Å². The number of aryl methyl sites for hydroxylation is 1. The maximum Gasteiger partial charge on any atom is 0.235 e. The Morgan fingerprint density at radius 1 is 1.00 bits per heavy atom. The van der Waals surface area contributed by atoms with Crippen molar-refractivity contribution >= 4 is 29.0 Å². The molecular formula is C37H43NO5. The van der Waals surface area contributed by atoms with Gasteiger partial charge in [0.1, 0.15) is 0 Å². The van der Waals surface area contributed by atoms with Gasteiger partial charge in [0.2, 0.25) is 5.91 Å². The molecule has 6 nitrogen and oxygen atoms in total. The highest BCUT2D eigenvalue weighted by atomic mass is 16.2. The summed E-state index contributed by atoms with van der Waals surface area (Å²) in [6, 6.07) is 11.5. The summed E-state index contributed by atoms with van der Waals surface area (Å²) in [5.74, 6) is -3.08. The van der Waals surface area contributed by atoms with Crippen molar-refractivity contribution < 1.29 is 24.0 Å². The van der Waals surface area contributed by atoms with Crippen LogP contribution in [0.4, 0.5) is 0 Å². The minimum absolute atomic E-state index is 0.0635. The third-order valence-corrected chi connectivity index (χ3v) is 11.1. The summed E-state index contributed by atoms with van der Waals surface area (Å²) in [4.78, 5) is 66.7. The van der Waals surface area contributed by atoms with Crippen molar-refractivity contribution in [2.24, 2.45) is 27.9 Å². The molecule has 0 spiro atoms. The molecule has 1 fully saturated rings. The minimum atomic E-state index is -1.48. The molecule has 1 saturated carbocycles. The zero-order valence-electron chi connectivity index (χ0n) is 26.5. The molecule has 0 aliphatic heterocycles. The second-order valence-electron chi connectivity index (χ2n) is 14.2. The molecule has 0 heterocycles. The number of nitrogens with two attached hydrogens (primary N) is 1. The van der Waals surface area contributed by atoms with E-state index in [0.29, 0.717) is 54.4 Å². The highest BCUT2D eigenvalue weighted by Crippen LogP contribution is 2.65. The van der Waals surface area contributed by atoms with Gasteiger partial charge in [0.25, 0.3) is 0 Å². The first-order chi connectivity index (χ1) is 20.1. The molecule has 226 valence electrons. The molecule has 2 N–H and O–H groups in total. The van der Waals surface area contributed by atoms with Crippen LogP contribution in [0.15, 0.2) is 47.5 Å². The number of fused-ring (bicyclic) bond motifs is 3. The number of ketones is 4. The number of carbonyl (C=O) groups excluding carboxylic acids is 5. The monoisotopic (exact) mass is 581 g/mol. The van der Waals surface area contributed by atoms with Crippen LogP contribution in [-0.4, -0.2) is 29.0 Å². The SMILES string of the molecule is CC1=C2C(=O)c3c(C)c(CCCC(=O)c4ccccc4)cc(C(C)C)c3CC2(C)CC2(C)CC(=O)C(C(N)=O)C(=O)C12C. The van der Waals surface area contributed by atoms with Gasteiger partial charge in [-0.3, -0.25) is 24.0 Å². The number of allylic oxidation sites excluding steroid dienone is 2. The fourth-order valence-electron chi connectivity index (χ4n) is 8.72. The number of hydrogen-bond donors (Lipinski definition) is 1. The topological polar surface area (TPSA) is 111 Å². The van der Waals surface area contributed by atoms with Crippen LogP contribution in [0.1, 0.15) is 116 Å². The first-order valence-electron chi connectivity index (χ1n) is 15.4. The van der Waals surface area contributed by atoms with Crippen LogP contribution < -0.4 is 5.73 Å². The molecule has 0 bridgehead atoms. The summed E-state index contributed by atoms with van der Waals surface area (Å²) in [5.41, 5.74) is 9.98. The zero-order chi connectivity index (χ0) is 31.6. The summed E-state index contributed by atoms with van der Waals surface area (Å²) in [7, 11) is 0. The number of benzene rings is 2. The van der Waals surface area contributed by atoms with Crippen LogP contribution in [0.2, 0.25) is 0 Å². The van der Waals surface area contributed by atoms with Gasteiger partial charge in [-0.05, 0) is 80.0 Å². The van der Waals surface area contributed by atoms with E-state index < -0.39 is 39.6 Å². The maximum absolute atomic E-state index is 14.7. The van der Waals surface area contributed by atoms with E-state index in [2.05, 4.69) is 26.8 Å². The summed E-state index contributed by atoms with van der Waals surface area (Å²) < 4.78 is 0. The van der Waals surface area contributed by atoms with Crippen LogP contribution in [-0.2, 0) is 27.2 Å². The predicted octanol–water partition coefficient (Wildman–Crippen LogP) is 6.45. The average molecular weight is 582 g/mol. The molecule has 2 aromatic carbocycles. The lowest BCUT2D eigenvalue weighted by Gasteiger charge is -2.59. The Morgan fingerprint density at radius 3 is 2.26 bits per heavy atom. The Labute approximate surface area is 254 Å². The molecule has 4 atom stereocenters. The fraction of sp³-hybridized carbons (Fsp3) is 0.486. The van der Waals surface area contributed by atoms with Crippen LogP contribution in [0.5, 0.6) is 0 Å². The maximum atomic E-state index is 14.7. The number of amides is 1. The fourth-order valence-corrected chi connectivity index (χ4v) is 8.72. The van der Waals surface area contributed by atoms with E-state index in [4.69, 9.17) is 5.73 Å². The third-order valence-electron chi connectivity index (χ3n) is 11.1. The second-order valence-corrected chi connectivity index (χ2v) is 14.2. The molecule has 1 amide bonds. The van der Waals surface area contributed by atoms with Crippen molar-refractivity contribution in [3.8, 4) is 0 Å². The van der Waals surface area contributed by atoms with Crippen molar-refractivity contribution in [3.63, 3.8) is 0 Å². The summed E-state index contributed by atoms with van der Waals surface area (Å²) in [5, 5.41) is 0. The molecule has 43 heavy (non-hydrogen) atoms. The van der Waals surface area contributed by atoms with E-state index in [1.54, 1.807) is 6.92 Å². The van der Waals surface area contributed by atoms with E-state index in [0.717, 1.165) is 22.3 Å². The Balaban J connectivity index is 1.59. The number of carbonyl (C=O) groups is 5. The van der Waals surface area contributed by atoms with Crippen LogP contribution >= 0.6 is 0 Å². The molecule has 4 unspecified atom stereocenters. The second kappa shape index (κ2) is 10.5. The normalized spacial score (nSPS) is 28.5. The smallest absolute Gasteiger partial charge is 0.235 e. The average Bonchev–Trinajstić information content (AvgIpc) is 2.91. The highest BCUT2D eigenvalue weighted by Gasteiger charge is 2.66. The predicted molar refractivity (Wildman–Crippen MR) is 166 cm³/mol. The first-order valence-corrected chi connectivity index (χ1v) is 15.4. The number of Topliss-reactive ketones (excluding diaryl/α,β-unsaturated/α-hetero) is 4. The molecular weight excluding hydrogens is 538 g/mol. The summed E-state index contributed by atoms with van der Waals surface area (Å²) in [6.07, 6.45) is 2.96. The molecule has 0 aromatic heterocycles. The lowest BCUT2D eigenvalue weighted by atomic mass is 9.42. The van der Waals surface area contributed by atoms with E-state index in [9.17, 15) is 24.0 Å². The Morgan fingerprint density at radius 2 is 1.65 bits per heavy atom. The van der Waals surface area contributed by atoms with Crippen LogP contribution in [0.25, 0.3) is 0 Å². The zero-order valence-corrected chi connectivity index (χ0v) is 26.5. The van der Waals surface area contributed by atoms with E-state index in [-0.39, 0.29) is 23.9 Å². The van der Waals surface area contributed by atoms with Crippen molar-refractivity contribution in [1.29, 1.82) is 0 Å². The Bertz CT molecular complexity index is 1610. The Kier molecular flexibility index (Phi) is 7.51. The molecule has 3 aliphatic carbocycles.